The van der Waals surface area contributed by atoms with Crippen LogP contribution in [0.4, 0.5) is 4.79 Å². The number of nitrogens with zero attached hydrogens (tertiary/aromatic N) is 2. The first-order valence-electron chi connectivity index (χ1n) is 4.78. The molecule has 80 valence electrons. The van der Waals surface area contributed by atoms with Gasteiger partial charge in [-0.2, -0.15) is 0 Å². The maximum absolute atomic E-state index is 11.7. The van der Waals surface area contributed by atoms with Gasteiger partial charge in [-0.25, -0.2) is 9.59 Å². The molecule has 1 N–H and O–H groups in total. The average molecular weight is 200 g/mol. The van der Waals surface area contributed by atoms with Gasteiger partial charge in [0.05, 0.1) is 0 Å². The Labute approximate surface area is 83.3 Å². The van der Waals surface area contributed by atoms with Crippen molar-refractivity contribution in [2.24, 2.45) is 0 Å². The maximum atomic E-state index is 11.7. The highest BCUT2D eigenvalue weighted by Gasteiger charge is 2.27. The van der Waals surface area contributed by atoms with Crippen LogP contribution in [0.25, 0.3) is 0 Å². The van der Waals surface area contributed by atoms with Crippen molar-refractivity contribution in [3.8, 4) is 0 Å². The Morgan fingerprint density at radius 3 is 2.29 bits per heavy atom. The van der Waals surface area contributed by atoms with Crippen molar-refractivity contribution in [1.29, 1.82) is 0 Å². The van der Waals surface area contributed by atoms with Crippen molar-refractivity contribution >= 4 is 12.0 Å². The first-order chi connectivity index (χ1) is 6.54. The number of carboxylic acid groups (broad SMARTS) is 1. The first kappa shape index (κ1) is 10.8. The van der Waals surface area contributed by atoms with Gasteiger partial charge in [0, 0.05) is 20.1 Å². The smallest absolute Gasteiger partial charge is 0.326 e. The van der Waals surface area contributed by atoms with Crippen LogP contribution < -0.4 is 0 Å². The van der Waals surface area contributed by atoms with Crippen molar-refractivity contribution in [3.05, 3.63) is 0 Å². The lowest BCUT2D eigenvalue weighted by Crippen LogP contribution is -2.46. The molecule has 14 heavy (non-hydrogen) atoms. The van der Waals surface area contributed by atoms with Crippen molar-refractivity contribution in [3.63, 3.8) is 0 Å². The minimum atomic E-state index is -0.972. The average Bonchev–Trinajstić information content (AvgIpc) is 2.67. The van der Waals surface area contributed by atoms with Crippen LogP contribution in [-0.2, 0) is 4.79 Å². The summed E-state index contributed by atoms with van der Waals surface area (Å²) in [5.74, 6) is -0.972. The zero-order valence-electron chi connectivity index (χ0n) is 8.56. The van der Waals surface area contributed by atoms with Crippen molar-refractivity contribution in [1.82, 2.24) is 9.80 Å². The second-order valence-corrected chi connectivity index (χ2v) is 3.60. The summed E-state index contributed by atoms with van der Waals surface area (Å²) in [6, 6.07) is -0.944. The third kappa shape index (κ3) is 2.16. The van der Waals surface area contributed by atoms with E-state index >= 15 is 0 Å². The number of hydrogen-bond donors (Lipinski definition) is 1. The monoisotopic (exact) mass is 200 g/mol. The van der Waals surface area contributed by atoms with E-state index in [9.17, 15) is 9.59 Å². The van der Waals surface area contributed by atoms with Crippen LogP contribution in [0, 0.1) is 0 Å². The van der Waals surface area contributed by atoms with Crippen LogP contribution in [-0.4, -0.2) is 53.1 Å². The van der Waals surface area contributed by atoms with E-state index < -0.39 is 12.0 Å². The highest BCUT2D eigenvalue weighted by Crippen LogP contribution is 2.11. The zero-order valence-corrected chi connectivity index (χ0v) is 8.56. The summed E-state index contributed by atoms with van der Waals surface area (Å²) >= 11 is 0. The van der Waals surface area contributed by atoms with Gasteiger partial charge in [0.1, 0.15) is 6.04 Å². The third-order valence-electron chi connectivity index (χ3n) is 2.62. The minimum absolute atomic E-state index is 0.183. The highest BCUT2D eigenvalue weighted by atomic mass is 16.4. The van der Waals surface area contributed by atoms with Gasteiger partial charge in [-0.3, -0.25) is 0 Å². The molecule has 0 spiro atoms. The lowest BCUT2D eigenvalue weighted by atomic mass is 10.3. The number of carbonyl (C=O) groups is 2. The van der Waals surface area contributed by atoms with E-state index in [1.54, 1.807) is 4.90 Å². The molecule has 1 aliphatic rings. The molecule has 5 nitrogen and oxygen atoms in total. The molecule has 0 aromatic rings. The van der Waals surface area contributed by atoms with Crippen LogP contribution in [0.5, 0.6) is 0 Å². The minimum Gasteiger partial charge on any atom is -0.480 e. The Morgan fingerprint density at radius 2 is 1.86 bits per heavy atom. The Balaban J connectivity index is 2.54. The Hall–Kier alpha value is -1.26. The number of urea groups is 1. The fourth-order valence-corrected chi connectivity index (χ4v) is 1.46. The SMILES string of the molecule is CC(C(=O)O)N(C)C(=O)N1CCCC1. The topological polar surface area (TPSA) is 60.9 Å². The molecule has 1 fully saturated rings. The molecule has 0 aliphatic carbocycles. The summed E-state index contributed by atoms with van der Waals surface area (Å²) in [7, 11) is 1.53. The quantitative estimate of drug-likeness (QED) is 0.710. The van der Waals surface area contributed by atoms with E-state index in [4.69, 9.17) is 5.11 Å². The van der Waals surface area contributed by atoms with Gasteiger partial charge in [-0.1, -0.05) is 0 Å². The van der Waals surface area contributed by atoms with Gasteiger partial charge in [0.15, 0.2) is 0 Å². The molecule has 2 amide bonds. The van der Waals surface area contributed by atoms with E-state index in [-0.39, 0.29) is 6.03 Å². The predicted octanol–water partition coefficient (Wildman–Crippen LogP) is 0.607. The molecule has 1 unspecified atom stereocenters. The molecule has 0 aromatic carbocycles. The van der Waals surface area contributed by atoms with Crippen LogP contribution in [0.15, 0.2) is 0 Å². The predicted molar refractivity (Wildman–Crippen MR) is 51.1 cm³/mol. The van der Waals surface area contributed by atoms with Gasteiger partial charge in [-0.05, 0) is 19.8 Å². The Morgan fingerprint density at radius 1 is 1.36 bits per heavy atom. The number of likely N-dealkylation sites (N-methyl/N-ethyl adjacent to an activating group) is 1. The summed E-state index contributed by atoms with van der Waals surface area (Å²) in [6.45, 7) is 3.00. The molecule has 0 radical (unpaired) electrons. The highest BCUT2D eigenvalue weighted by molar-refractivity contribution is 5.82. The number of carbonyl (C=O) groups excluding carboxylic acids is 1. The lowest BCUT2D eigenvalue weighted by molar-refractivity contribution is -0.141. The fourth-order valence-electron chi connectivity index (χ4n) is 1.46. The number of rotatable bonds is 2. The molecule has 1 rings (SSSR count). The van der Waals surface area contributed by atoms with Crippen molar-refractivity contribution < 1.29 is 14.7 Å². The number of carboxylic acids is 1. The molecule has 0 saturated carbocycles. The summed E-state index contributed by atoms with van der Waals surface area (Å²) < 4.78 is 0. The molecular weight excluding hydrogens is 184 g/mol. The van der Waals surface area contributed by atoms with Crippen LogP contribution in [0.2, 0.25) is 0 Å². The largest absolute Gasteiger partial charge is 0.480 e. The normalized spacial score (nSPS) is 18.0. The summed E-state index contributed by atoms with van der Waals surface area (Å²) in [5.41, 5.74) is 0. The Bertz CT molecular complexity index is 236. The lowest BCUT2D eigenvalue weighted by Gasteiger charge is -2.26. The summed E-state index contributed by atoms with van der Waals surface area (Å²) in [6.07, 6.45) is 2.03. The van der Waals surface area contributed by atoms with Gasteiger partial charge >= 0.3 is 12.0 Å². The number of aliphatic carboxylic acids is 1. The molecule has 1 heterocycles. The zero-order chi connectivity index (χ0) is 10.7. The van der Waals surface area contributed by atoms with Gasteiger partial charge < -0.3 is 14.9 Å². The standard InChI is InChI=1S/C9H16N2O3/c1-7(8(12)13)10(2)9(14)11-5-3-4-6-11/h7H,3-6H2,1-2H3,(H,12,13). The molecule has 1 aliphatic heterocycles. The molecular formula is C9H16N2O3. The van der Waals surface area contributed by atoms with E-state index in [0.717, 1.165) is 25.9 Å². The third-order valence-corrected chi connectivity index (χ3v) is 2.62. The van der Waals surface area contributed by atoms with E-state index in [0.29, 0.717) is 0 Å². The summed E-state index contributed by atoms with van der Waals surface area (Å²) in [5, 5.41) is 8.73. The second kappa shape index (κ2) is 4.30. The molecule has 0 aromatic heterocycles. The molecule has 1 saturated heterocycles. The number of amides is 2. The summed E-state index contributed by atoms with van der Waals surface area (Å²) in [4.78, 5) is 25.3. The molecule has 5 heteroatoms. The molecule has 0 bridgehead atoms. The van der Waals surface area contributed by atoms with Gasteiger partial charge in [-0.15, -0.1) is 0 Å². The van der Waals surface area contributed by atoms with Gasteiger partial charge in [0.2, 0.25) is 0 Å². The fraction of sp³-hybridized carbons (Fsp3) is 0.778. The van der Waals surface area contributed by atoms with E-state index in [2.05, 4.69) is 0 Å². The number of likely N-dealkylation sites (tertiary alicyclic amines) is 1. The maximum Gasteiger partial charge on any atom is 0.326 e. The Kier molecular flexibility index (Phi) is 3.33. The second-order valence-electron chi connectivity index (χ2n) is 3.60. The van der Waals surface area contributed by atoms with E-state index in [1.807, 2.05) is 0 Å². The molecule has 1 atom stereocenters. The van der Waals surface area contributed by atoms with Crippen molar-refractivity contribution in [2.75, 3.05) is 20.1 Å². The van der Waals surface area contributed by atoms with Crippen LogP contribution in [0.1, 0.15) is 19.8 Å². The van der Waals surface area contributed by atoms with Crippen molar-refractivity contribution in [2.45, 2.75) is 25.8 Å². The number of hydrogen-bond acceptors (Lipinski definition) is 2. The van der Waals surface area contributed by atoms with Crippen LogP contribution >= 0.6 is 0 Å². The van der Waals surface area contributed by atoms with Crippen LogP contribution in [0.3, 0.4) is 0 Å². The van der Waals surface area contributed by atoms with E-state index in [1.165, 1.54) is 18.9 Å². The first-order valence-corrected chi connectivity index (χ1v) is 4.78. The van der Waals surface area contributed by atoms with Gasteiger partial charge in [0.25, 0.3) is 0 Å².